The Bertz CT molecular complexity index is 195. The molecule has 2 rings (SSSR count). The molecule has 2 atom stereocenters. The molecule has 0 aromatic rings. The average molecular weight is 211 g/mol. The van der Waals surface area contributed by atoms with E-state index in [0.717, 1.165) is 25.0 Å². The first-order chi connectivity index (χ1) is 7.29. The van der Waals surface area contributed by atoms with Crippen LogP contribution in [-0.4, -0.2) is 26.8 Å². The maximum Gasteiger partial charge on any atom is 0.0466 e. The zero-order valence-corrected chi connectivity index (χ0v) is 10.2. The molecular weight excluding hydrogens is 186 g/mol. The highest BCUT2D eigenvalue weighted by Gasteiger charge is 2.52. The predicted molar refractivity (Wildman–Crippen MR) is 62.9 cm³/mol. The van der Waals surface area contributed by atoms with Crippen LogP contribution in [0.25, 0.3) is 0 Å². The lowest BCUT2D eigenvalue weighted by Crippen LogP contribution is -2.31. The molecule has 0 heterocycles. The second-order valence-electron chi connectivity index (χ2n) is 5.49. The molecule has 0 spiro atoms. The van der Waals surface area contributed by atoms with Gasteiger partial charge in [0.2, 0.25) is 0 Å². The second-order valence-corrected chi connectivity index (χ2v) is 5.49. The summed E-state index contributed by atoms with van der Waals surface area (Å²) in [7, 11) is 2.09. The van der Waals surface area contributed by atoms with Crippen molar-refractivity contribution < 1.29 is 4.74 Å². The van der Waals surface area contributed by atoms with Crippen molar-refractivity contribution in [1.29, 1.82) is 0 Å². The summed E-state index contributed by atoms with van der Waals surface area (Å²) >= 11 is 0. The molecule has 2 saturated carbocycles. The van der Waals surface area contributed by atoms with Gasteiger partial charge in [-0.2, -0.15) is 0 Å². The minimum atomic E-state index is 0.624. The maximum absolute atomic E-state index is 5.43. The predicted octanol–water partition coefficient (Wildman–Crippen LogP) is 2.44. The fourth-order valence-corrected chi connectivity index (χ4v) is 3.51. The third kappa shape index (κ3) is 2.73. The SMILES string of the molecule is CCOCCCC1(CNC)CC2CC2C1. The van der Waals surface area contributed by atoms with E-state index in [9.17, 15) is 0 Å². The van der Waals surface area contributed by atoms with Gasteiger partial charge >= 0.3 is 0 Å². The van der Waals surface area contributed by atoms with Crippen LogP contribution in [0.1, 0.15) is 39.0 Å². The van der Waals surface area contributed by atoms with Gasteiger partial charge in [0.05, 0.1) is 0 Å². The van der Waals surface area contributed by atoms with E-state index in [2.05, 4.69) is 19.3 Å². The van der Waals surface area contributed by atoms with Crippen LogP contribution in [-0.2, 0) is 4.74 Å². The molecule has 88 valence electrons. The van der Waals surface area contributed by atoms with Crippen LogP contribution in [0.2, 0.25) is 0 Å². The van der Waals surface area contributed by atoms with Crippen molar-refractivity contribution in [2.75, 3.05) is 26.8 Å². The van der Waals surface area contributed by atoms with E-state index in [1.807, 2.05) is 0 Å². The monoisotopic (exact) mass is 211 g/mol. The van der Waals surface area contributed by atoms with Crippen LogP contribution in [0.4, 0.5) is 0 Å². The molecule has 15 heavy (non-hydrogen) atoms. The second kappa shape index (κ2) is 4.84. The summed E-state index contributed by atoms with van der Waals surface area (Å²) in [6.45, 7) is 5.11. The molecule has 1 N–H and O–H groups in total. The summed E-state index contributed by atoms with van der Waals surface area (Å²) in [5.41, 5.74) is 0.624. The third-order valence-electron chi connectivity index (χ3n) is 4.21. The number of rotatable bonds is 7. The molecule has 2 unspecified atom stereocenters. The standard InChI is InChI=1S/C13H25NO/c1-3-15-6-4-5-13(10-14-2)8-11-7-12(11)9-13/h11-12,14H,3-10H2,1-2H3. The largest absolute Gasteiger partial charge is 0.382 e. The molecule has 0 aromatic heterocycles. The van der Waals surface area contributed by atoms with Crippen molar-refractivity contribution in [2.24, 2.45) is 17.3 Å². The fourth-order valence-electron chi connectivity index (χ4n) is 3.51. The van der Waals surface area contributed by atoms with Crippen molar-refractivity contribution in [2.45, 2.75) is 39.0 Å². The van der Waals surface area contributed by atoms with Gasteiger partial charge in [-0.1, -0.05) is 0 Å². The summed E-state index contributed by atoms with van der Waals surface area (Å²) in [6, 6.07) is 0. The van der Waals surface area contributed by atoms with E-state index in [-0.39, 0.29) is 0 Å². The summed E-state index contributed by atoms with van der Waals surface area (Å²) in [4.78, 5) is 0. The number of ether oxygens (including phenoxy) is 1. The molecule has 0 saturated heterocycles. The van der Waals surface area contributed by atoms with E-state index in [1.54, 1.807) is 0 Å². The summed E-state index contributed by atoms with van der Waals surface area (Å²) in [5.74, 6) is 2.18. The molecule has 2 nitrogen and oxygen atoms in total. The van der Waals surface area contributed by atoms with E-state index >= 15 is 0 Å². The summed E-state index contributed by atoms with van der Waals surface area (Å²) in [5, 5.41) is 3.39. The highest BCUT2D eigenvalue weighted by atomic mass is 16.5. The molecule has 0 aromatic carbocycles. The zero-order chi connectivity index (χ0) is 10.7. The molecule has 0 aliphatic heterocycles. The van der Waals surface area contributed by atoms with Crippen LogP contribution in [0.15, 0.2) is 0 Å². The van der Waals surface area contributed by atoms with Crippen LogP contribution >= 0.6 is 0 Å². The minimum Gasteiger partial charge on any atom is -0.382 e. The van der Waals surface area contributed by atoms with Crippen molar-refractivity contribution in [3.8, 4) is 0 Å². The first-order valence-corrected chi connectivity index (χ1v) is 6.52. The number of hydrogen-bond donors (Lipinski definition) is 1. The van der Waals surface area contributed by atoms with Crippen molar-refractivity contribution in [1.82, 2.24) is 5.32 Å². The van der Waals surface area contributed by atoms with Crippen LogP contribution < -0.4 is 5.32 Å². The average Bonchev–Trinajstić information content (AvgIpc) is 2.83. The number of fused-ring (bicyclic) bond motifs is 1. The Kier molecular flexibility index (Phi) is 3.68. The molecule has 0 bridgehead atoms. The molecule has 0 radical (unpaired) electrons. The highest BCUT2D eigenvalue weighted by molar-refractivity contribution is 5.03. The molecular formula is C13H25NO. The number of nitrogens with one attached hydrogen (secondary N) is 1. The summed E-state index contributed by atoms with van der Waals surface area (Å²) in [6.07, 6.45) is 7.09. The third-order valence-corrected chi connectivity index (χ3v) is 4.21. The molecule has 0 amide bonds. The van der Waals surface area contributed by atoms with Gasteiger partial charge in [0.25, 0.3) is 0 Å². The Balaban J connectivity index is 1.74. The fraction of sp³-hybridized carbons (Fsp3) is 1.00. The number of hydrogen-bond acceptors (Lipinski definition) is 2. The van der Waals surface area contributed by atoms with Gasteiger partial charge in [-0.05, 0) is 63.3 Å². The molecule has 2 aliphatic carbocycles. The van der Waals surface area contributed by atoms with Gasteiger partial charge < -0.3 is 10.1 Å². The van der Waals surface area contributed by atoms with Crippen LogP contribution in [0, 0.1) is 17.3 Å². The zero-order valence-electron chi connectivity index (χ0n) is 10.2. The molecule has 2 fully saturated rings. The molecule has 2 heteroatoms. The smallest absolute Gasteiger partial charge is 0.0466 e. The first-order valence-electron chi connectivity index (χ1n) is 6.52. The summed E-state index contributed by atoms with van der Waals surface area (Å²) < 4.78 is 5.43. The Morgan fingerprint density at radius 2 is 2.07 bits per heavy atom. The Hall–Kier alpha value is -0.0800. The van der Waals surface area contributed by atoms with Crippen LogP contribution in [0.3, 0.4) is 0 Å². The van der Waals surface area contributed by atoms with Gasteiger partial charge in [0.1, 0.15) is 0 Å². The van der Waals surface area contributed by atoms with E-state index in [4.69, 9.17) is 4.74 Å². The minimum absolute atomic E-state index is 0.624. The lowest BCUT2D eigenvalue weighted by molar-refractivity contribution is 0.124. The lowest BCUT2D eigenvalue weighted by Gasteiger charge is -2.30. The molecule has 2 aliphatic rings. The Morgan fingerprint density at radius 3 is 2.67 bits per heavy atom. The van der Waals surface area contributed by atoms with Crippen LogP contribution in [0.5, 0.6) is 0 Å². The topological polar surface area (TPSA) is 21.3 Å². The van der Waals surface area contributed by atoms with Crippen molar-refractivity contribution in [3.63, 3.8) is 0 Å². The first kappa shape index (κ1) is 11.4. The van der Waals surface area contributed by atoms with E-state index in [0.29, 0.717) is 5.41 Å². The van der Waals surface area contributed by atoms with Gasteiger partial charge in [-0.15, -0.1) is 0 Å². The van der Waals surface area contributed by atoms with Gasteiger partial charge in [-0.3, -0.25) is 0 Å². The van der Waals surface area contributed by atoms with E-state index in [1.165, 1.54) is 38.6 Å². The highest BCUT2D eigenvalue weighted by Crippen LogP contribution is 2.61. The van der Waals surface area contributed by atoms with Gasteiger partial charge in [0.15, 0.2) is 0 Å². The van der Waals surface area contributed by atoms with Crippen molar-refractivity contribution >= 4 is 0 Å². The Labute approximate surface area is 93.8 Å². The normalized spacial score (nSPS) is 38.0. The van der Waals surface area contributed by atoms with E-state index < -0.39 is 0 Å². The lowest BCUT2D eigenvalue weighted by atomic mass is 9.79. The van der Waals surface area contributed by atoms with Gasteiger partial charge in [0, 0.05) is 19.8 Å². The quantitative estimate of drug-likeness (QED) is 0.653. The Morgan fingerprint density at radius 1 is 1.33 bits per heavy atom. The van der Waals surface area contributed by atoms with Crippen molar-refractivity contribution in [3.05, 3.63) is 0 Å². The van der Waals surface area contributed by atoms with Gasteiger partial charge in [-0.25, -0.2) is 0 Å². The maximum atomic E-state index is 5.43.